The lowest BCUT2D eigenvalue weighted by molar-refractivity contribution is -0.0331. The SMILES string of the molecule is CCCNCc1cccc(F)c1OCC1CCC(C)(C)O1. The first-order valence-corrected chi connectivity index (χ1v) is 7.80. The largest absolute Gasteiger partial charge is 0.487 e. The molecule has 21 heavy (non-hydrogen) atoms. The van der Waals surface area contributed by atoms with E-state index in [9.17, 15) is 4.39 Å². The van der Waals surface area contributed by atoms with Gasteiger partial charge in [0.05, 0.1) is 11.7 Å². The van der Waals surface area contributed by atoms with Crippen molar-refractivity contribution in [2.24, 2.45) is 0 Å². The van der Waals surface area contributed by atoms with Crippen molar-refractivity contribution in [3.05, 3.63) is 29.6 Å². The molecule has 4 heteroatoms. The van der Waals surface area contributed by atoms with Crippen LogP contribution in [0.15, 0.2) is 18.2 Å². The standard InChI is InChI=1S/C17H26FNO2/c1-4-10-19-11-13-6-5-7-15(18)16(13)20-12-14-8-9-17(2,3)21-14/h5-7,14,19H,4,8-12H2,1-3H3. The Kier molecular flexibility index (Phi) is 5.59. The van der Waals surface area contributed by atoms with Crippen LogP contribution in [0.4, 0.5) is 4.39 Å². The van der Waals surface area contributed by atoms with Crippen LogP contribution < -0.4 is 10.1 Å². The number of benzene rings is 1. The summed E-state index contributed by atoms with van der Waals surface area (Å²) in [5.74, 6) is 0.0532. The first kappa shape index (κ1) is 16.2. The van der Waals surface area contributed by atoms with Crippen LogP contribution in [0.2, 0.25) is 0 Å². The summed E-state index contributed by atoms with van der Waals surface area (Å²) in [5, 5.41) is 3.28. The molecule has 1 aliphatic rings. The van der Waals surface area contributed by atoms with Crippen molar-refractivity contribution in [3.8, 4) is 5.75 Å². The van der Waals surface area contributed by atoms with Gasteiger partial charge in [0.2, 0.25) is 0 Å². The Morgan fingerprint density at radius 3 is 2.90 bits per heavy atom. The lowest BCUT2D eigenvalue weighted by Crippen LogP contribution is -2.24. The molecule has 0 amide bonds. The quantitative estimate of drug-likeness (QED) is 0.779. The van der Waals surface area contributed by atoms with E-state index in [1.165, 1.54) is 6.07 Å². The highest BCUT2D eigenvalue weighted by Crippen LogP contribution is 2.30. The number of hydrogen-bond acceptors (Lipinski definition) is 3. The van der Waals surface area contributed by atoms with E-state index in [2.05, 4.69) is 26.1 Å². The van der Waals surface area contributed by atoms with E-state index in [4.69, 9.17) is 9.47 Å². The first-order chi connectivity index (χ1) is 10.0. The Balaban J connectivity index is 1.95. The fourth-order valence-corrected chi connectivity index (χ4v) is 2.63. The maximum Gasteiger partial charge on any atom is 0.165 e. The third kappa shape index (κ3) is 4.68. The van der Waals surface area contributed by atoms with Crippen molar-refractivity contribution in [2.45, 2.75) is 58.3 Å². The first-order valence-electron chi connectivity index (χ1n) is 7.80. The van der Waals surface area contributed by atoms with Crippen molar-refractivity contribution >= 4 is 0 Å². The Morgan fingerprint density at radius 2 is 2.24 bits per heavy atom. The molecule has 0 saturated carbocycles. The fourth-order valence-electron chi connectivity index (χ4n) is 2.63. The lowest BCUT2D eigenvalue weighted by atomic mass is 10.1. The van der Waals surface area contributed by atoms with Crippen molar-refractivity contribution in [2.75, 3.05) is 13.2 Å². The molecule has 0 spiro atoms. The molecule has 1 fully saturated rings. The highest BCUT2D eigenvalue weighted by atomic mass is 19.1. The summed E-state index contributed by atoms with van der Waals surface area (Å²) >= 11 is 0. The topological polar surface area (TPSA) is 30.5 Å². The fraction of sp³-hybridized carbons (Fsp3) is 0.647. The Bertz CT molecular complexity index is 462. The summed E-state index contributed by atoms with van der Waals surface area (Å²) < 4.78 is 25.6. The summed E-state index contributed by atoms with van der Waals surface area (Å²) in [7, 11) is 0. The van der Waals surface area contributed by atoms with E-state index in [0.717, 1.165) is 31.4 Å². The van der Waals surface area contributed by atoms with E-state index < -0.39 is 0 Å². The Morgan fingerprint density at radius 1 is 1.43 bits per heavy atom. The molecule has 0 aromatic heterocycles. The van der Waals surface area contributed by atoms with Gasteiger partial charge >= 0.3 is 0 Å². The zero-order chi connectivity index (χ0) is 15.3. The molecule has 1 atom stereocenters. The molecule has 118 valence electrons. The minimum atomic E-state index is -0.303. The predicted molar refractivity (Wildman–Crippen MR) is 82.1 cm³/mol. The van der Waals surface area contributed by atoms with Crippen LogP contribution in [0.25, 0.3) is 0 Å². The van der Waals surface area contributed by atoms with Gasteiger partial charge < -0.3 is 14.8 Å². The normalized spacial score (nSPS) is 20.7. The van der Waals surface area contributed by atoms with Crippen LogP contribution in [0, 0.1) is 5.82 Å². The van der Waals surface area contributed by atoms with E-state index >= 15 is 0 Å². The number of nitrogens with one attached hydrogen (secondary N) is 1. The molecule has 1 aliphatic heterocycles. The molecule has 0 aliphatic carbocycles. The average Bonchev–Trinajstić information content (AvgIpc) is 2.78. The Hall–Kier alpha value is -1.13. The third-order valence-electron chi connectivity index (χ3n) is 3.76. The maximum absolute atomic E-state index is 14.0. The van der Waals surface area contributed by atoms with Crippen LogP contribution in [0.3, 0.4) is 0 Å². The number of ether oxygens (including phenoxy) is 2. The molecule has 1 aromatic rings. The molecule has 2 rings (SSSR count). The van der Waals surface area contributed by atoms with Gasteiger partial charge in [0.25, 0.3) is 0 Å². The average molecular weight is 295 g/mol. The number of halogens is 1. The van der Waals surface area contributed by atoms with E-state index in [1.807, 2.05) is 6.07 Å². The van der Waals surface area contributed by atoms with Crippen molar-refractivity contribution in [3.63, 3.8) is 0 Å². The van der Waals surface area contributed by atoms with Gasteiger partial charge in [0, 0.05) is 12.1 Å². The molecule has 1 N–H and O–H groups in total. The summed E-state index contributed by atoms with van der Waals surface area (Å²) in [6.07, 6.45) is 3.08. The van der Waals surface area contributed by atoms with Crippen LogP contribution in [-0.2, 0) is 11.3 Å². The third-order valence-corrected chi connectivity index (χ3v) is 3.76. The molecule has 1 unspecified atom stereocenters. The highest BCUT2D eigenvalue weighted by Gasteiger charge is 2.32. The summed E-state index contributed by atoms with van der Waals surface area (Å²) in [6, 6.07) is 5.07. The van der Waals surface area contributed by atoms with Crippen molar-refractivity contribution < 1.29 is 13.9 Å². The van der Waals surface area contributed by atoms with Crippen molar-refractivity contribution in [1.29, 1.82) is 0 Å². The van der Waals surface area contributed by atoms with Crippen LogP contribution in [0.1, 0.15) is 45.6 Å². The molecular weight excluding hydrogens is 269 g/mol. The van der Waals surface area contributed by atoms with E-state index in [0.29, 0.717) is 18.9 Å². The zero-order valence-electron chi connectivity index (χ0n) is 13.2. The zero-order valence-corrected chi connectivity index (χ0v) is 13.2. The molecular formula is C17H26FNO2. The van der Waals surface area contributed by atoms with Gasteiger partial charge in [-0.25, -0.2) is 4.39 Å². The number of rotatable bonds is 7. The predicted octanol–water partition coefficient (Wildman–Crippen LogP) is 3.66. The van der Waals surface area contributed by atoms with E-state index in [1.54, 1.807) is 6.07 Å². The number of para-hydroxylation sites is 1. The molecule has 0 bridgehead atoms. The second-order valence-corrected chi connectivity index (χ2v) is 6.25. The van der Waals surface area contributed by atoms with Gasteiger partial charge in [0.1, 0.15) is 6.61 Å². The monoisotopic (exact) mass is 295 g/mol. The summed E-state index contributed by atoms with van der Waals surface area (Å²) in [4.78, 5) is 0. The van der Waals surface area contributed by atoms with Gasteiger partial charge in [-0.15, -0.1) is 0 Å². The van der Waals surface area contributed by atoms with Gasteiger partial charge in [-0.05, 0) is 45.7 Å². The van der Waals surface area contributed by atoms with Crippen LogP contribution >= 0.6 is 0 Å². The lowest BCUT2D eigenvalue weighted by Gasteiger charge is -2.20. The molecule has 1 aromatic carbocycles. The highest BCUT2D eigenvalue weighted by molar-refractivity contribution is 5.35. The minimum Gasteiger partial charge on any atom is -0.487 e. The molecule has 0 radical (unpaired) electrons. The van der Waals surface area contributed by atoms with Gasteiger partial charge in [0.15, 0.2) is 11.6 Å². The maximum atomic E-state index is 14.0. The Labute approximate surface area is 126 Å². The second kappa shape index (κ2) is 7.23. The molecule has 3 nitrogen and oxygen atoms in total. The summed E-state index contributed by atoms with van der Waals surface area (Å²) in [5.41, 5.74) is 0.773. The smallest absolute Gasteiger partial charge is 0.165 e. The minimum absolute atomic E-state index is 0.0519. The molecule has 1 heterocycles. The van der Waals surface area contributed by atoms with E-state index in [-0.39, 0.29) is 17.5 Å². The van der Waals surface area contributed by atoms with Gasteiger partial charge in [-0.2, -0.15) is 0 Å². The van der Waals surface area contributed by atoms with Crippen molar-refractivity contribution in [1.82, 2.24) is 5.32 Å². The summed E-state index contributed by atoms with van der Waals surface area (Å²) in [6.45, 7) is 8.21. The van der Waals surface area contributed by atoms with Crippen LogP contribution in [0.5, 0.6) is 5.75 Å². The van der Waals surface area contributed by atoms with Gasteiger partial charge in [-0.1, -0.05) is 19.1 Å². The second-order valence-electron chi connectivity index (χ2n) is 6.25. The number of hydrogen-bond donors (Lipinski definition) is 1. The molecule has 1 saturated heterocycles. The van der Waals surface area contributed by atoms with Crippen LogP contribution in [-0.4, -0.2) is 24.9 Å². The van der Waals surface area contributed by atoms with Gasteiger partial charge in [-0.3, -0.25) is 0 Å².